The van der Waals surface area contributed by atoms with Crippen LogP contribution < -0.4 is 0 Å². The molecule has 20 heavy (non-hydrogen) atoms. The van der Waals surface area contributed by atoms with Gasteiger partial charge in [0.15, 0.2) is 0 Å². The summed E-state index contributed by atoms with van der Waals surface area (Å²) in [6.45, 7) is 7.80. The van der Waals surface area contributed by atoms with Crippen molar-refractivity contribution in [3.05, 3.63) is 60.2 Å². The molecule has 0 N–H and O–H groups in total. The van der Waals surface area contributed by atoms with Gasteiger partial charge in [-0.25, -0.2) is 0 Å². The van der Waals surface area contributed by atoms with Crippen LogP contribution in [0.4, 0.5) is 0 Å². The number of ether oxygens (including phenoxy) is 1. The first-order valence-electron chi connectivity index (χ1n) is 7.10. The van der Waals surface area contributed by atoms with Crippen molar-refractivity contribution in [2.45, 2.75) is 45.6 Å². The first-order valence-corrected chi connectivity index (χ1v) is 7.10. The topological polar surface area (TPSA) is 26.3 Å². The normalized spacial score (nSPS) is 12.3. The zero-order valence-electron chi connectivity index (χ0n) is 12.5. The van der Waals surface area contributed by atoms with Gasteiger partial charge in [-0.1, -0.05) is 54.6 Å². The van der Waals surface area contributed by atoms with E-state index in [1.165, 1.54) is 0 Å². The summed E-state index contributed by atoms with van der Waals surface area (Å²) in [4.78, 5) is 11.7. The van der Waals surface area contributed by atoms with Gasteiger partial charge in [0.1, 0.15) is 0 Å². The molecule has 0 spiro atoms. The molecule has 2 heteroatoms. The smallest absolute Gasteiger partial charge is 0.310 e. The first kappa shape index (κ1) is 16.2. The highest BCUT2D eigenvalue weighted by molar-refractivity contribution is 5.72. The van der Waals surface area contributed by atoms with Crippen molar-refractivity contribution in [2.75, 3.05) is 0 Å². The van der Waals surface area contributed by atoms with E-state index >= 15 is 0 Å². The molecule has 0 bridgehead atoms. The van der Waals surface area contributed by atoms with Gasteiger partial charge >= 0.3 is 5.97 Å². The van der Waals surface area contributed by atoms with Crippen molar-refractivity contribution in [3.63, 3.8) is 0 Å². The van der Waals surface area contributed by atoms with Crippen molar-refractivity contribution in [1.82, 2.24) is 0 Å². The molecular formula is C18H24O2. The highest BCUT2D eigenvalue weighted by atomic mass is 16.5. The average Bonchev–Trinajstić information content (AvgIpc) is 2.38. The van der Waals surface area contributed by atoms with E-state index in [1.807, 2.05) is 44.2 Å². The monoisotopic (exact) mass is 272 g/mol. The van der Waals surface area contributed by atoms with Gasteiger partial charge in [0, 0.05) is 0 Å². The maximum Gasteiger partial charge on any atom is 0.310 e. The highest BCUT2D eigenvalue weighted by Crippen LogP contribution is 2.07. The molecule has 1 unspecified atom stereocenters. The van der Waals surface area contributed by atoms with E-state index < -0.39 is 0 Å². The summed E-state index contributed by atoms with van der Waals surface area (Å²) in [5, 5.41) is 0. The van der Waals surface area contributed by atoms with Gasteiger partial charge < -0.3 is 4.74 Å². The number of allylic oxidation sites excluding steroid dienone is 3. The van der Waals surface area contributed by atoms with Gasteiger partial charge in [-0.3, -0.25) is 4.79 Å². The summed E-state index contributed by atoms with van der Waals surface area (Å²) < 4.78 is 5.39. The maximum absolute atomic E-state index is 11.7. The molecule has 1 aromatic carbocycles. The fourth-order valence-corrected chi connectivity index (χ4v) is 1.82. The maximum atomic E-state index is 11.7. The van der Waals surface area contributed by atoms with Gasteiger partial charge in [0.2, 0.25) is 0 Å². The van der Waals surface area contributed by atoms with Crippen LogP contribution in [0.3, 0.4) is 0 Å². The van der Waals surface area contributed by atoms with E-state index in [9.17, 15) is 4.79 Å². The van der Waals surface area contributed by atoms with Crippen LogP contribution in [-0.2, 0) is 16.0 Å². The number of hydrogen-bond acceptors (Lipinski definition) is 2. The van der Waals surface area contributed by atoms with Crippen molar-refractivity contribution in [1.29, 1.82) is 0 Å². The second kappa shape index (κ2) is 9.13. The van der Waals surface area contributed by atoms with Gasteiger partial charge in [0.05, 0.1) is 12.5 Å². The third-order valence-corrected chi connectivity index (χ3v) is 2.90. The molecule has 2 nitrogen and oxygen atoms in total. The Morgan fingerprint density at radius 2 is 2.00 bits per heavy atom. The average molecular weight is 272 g/mol. The number of rotatable bonds is 8. The van der Waals surface area contributed by atoms with E-state index in [0.29, 0.717) is 6.42 Å². The standard InChI is InChI=1S/C18H24O2/c1-15(2)10-6-4-7-11-16(3)20-18(19)14-17-12-8-5-9-13-17/h4-6,8-9,12-13,16H,1,7,10-11,14H2,2-3H3/b6-4+. The molecule has 1 rings (SSSR count). The second-order valence-corrected chi connectivity index (χ2v) is 5.17. The summed E-state index contributed by atoms with van der Waals surface area (Å²) in [5.74, 6) is -0.158. The summed E-state index contributed by atoms with van der Waals surface area (Å²) in [6.07, 6.45) is 7.23. The van der Waals surface area contributed by atoms with Gasteiger partial charge in [-0.15, -0.1) is 0 Å². The Morgan fingerprint density at radius 1 is 1.30 bits per heavy atom. The minimum absolute atomic E-state index is 0.0410. The Hall–Kier alpha value is -1.83. The first-order chi connectivity index (χ1) is 9.58. The van der Waals surface area contributed by atoms with E-state index in [-0.39, 0.29) is 12.1 Å². The van der Waals surface area contributed by atoms with Crippen molar-refractivity contribution in [2.24, 2.45) is 0 Å². The number of benzene rings is 1. The Bertz CT molecular complexity index is 446. The molecule has 0 radical (unpaired) electrons. The van der Waals surface area contributed by atoms with Gasteiger partial charge in [-0.05, 0) is 38.7 Å². The molecule has 0 aliphatic rings. The predicted molar refractivity (Wildman–Crippen MR) is 83.5 cm³/mol. The summed E-state index contributed by atoms with van der Waals surface area (Å²) >= 11 is 0. The van der Waals surface area contributed by atoms with Crippen molar-refractivity contribution < 1.29 is 9.53 Å². The Balaban J connectivity index is 2.21. The number of esters is 1. The zero-order chi connectivity index (χ0) is 14.8. The summed E-state index contributed by atoms with van der Waals surface area (Å²) in [6, 6.07) is 9.67. The molecule has 0 amide bonds. The number of carbonyl (C=O) groups is 1. The lowest BCUT2D eigenvalue weighted by molar-refractivity contribution is -0.147. The molecule has 0 heterocycles. The van der Waals surface area contributed by atoms with Crippen LogP contribution in [0.1, 0.15) is 38.7 Å². The molecule has 0 aliphatic heterocycles. The summed E-state index contributed by atoms with van der Waals surface area (Å²) in [7, 11) is 0. The molecule has 0 saturated heterocycles. The van der Waals surface area contributed by atoms with Gasteiger partial charge in [-0.2, -0.15) is 0 Å². The SMILES string of the molecule is C=C(C)C/C=C/CCC(C)OC(=O)Cc1ccccc1. The van der Waals surface area contributed by atoms with E-state index in [4.69, 9.17) is 4.74 Å². The number of carbonyl (C=O) groups excluding carboxylic acids is 1. The van der Waals surface area contributed by atoms with Crippen LogP contribution in [0.15, 0.2) is 54.6 Å². The lowest BCUT2D eigenvalue weighted by Crippen LogP contribution is -2.16. The fourth-order valence-electron chi connectivity index (χ4n) is 1.82. The highest BCUT2D eigenvalue weighted by Gasteiger charge is 2.09. The zero-order valence-corrected chi connectivity index (χ0v) is 12.5. The Kier molecular flexibility index (Phi) is 7.41. The van der Waals surface area contributed by atoms with Crippen LogP contribution >= 0.6 is 0 Å². The molecule has 0 saturated carbocycles. The largest absolute Gasteiger partial charge is 0.462 e. The molecule has 108 valence electrons. The van der Waals surface area contributed by atoms with Crippen LogP contribution in [0.5, 0.6) is 0 Å². The Labute approximate surface area is 122 Å². The second-order valence-electron chi connectivity index (χ2n) is 5.17. The lowest BCUT2D eigenvalue weighted by atomic mass is 10.1. The molecular weight excluding hydrogens is 248 g/mol. The lowest BCUT2D eigenvalue weighted by Gasteiger charge is -2.12. The van der Waals surface area contributed by atoms with Crippen molar-refractivity contribution in [3.8, 4) is 0 Å². The fraction of sp³-hybridized carbons (Fsp3) is 0.389. The van der Waals surface area contributed by atoms with E-state index in [0.717, 1.165) is 30.4 Å². The minimum atomic E-state index is -0.158. The van der Waals surface area contributed by atoms with Crippen LogP contribution in [0.25, 0.3) is 0 Å². The van der Waals surface area contributed by atoms with Crippen LogP contribution in [0.2, 0.25) is 0 Å². The molecule has 1 atom stereocenters. The van der Waals surface area contributed by atoms with Crippen molar-refractivity contribution >= 4 is 5.97 Å². The Morgan fingerprint density at radius 3 is 2.65 bits per heavy atom. The molecule has 0 aromatic heterocycles. The minimum Gasteiger partial charge on any atom is -0.462 e. The quantitative estimate of drug-likeness (QED) is 0.516. The van der Waals surface area contributed by atoms with E-state index in [1.54, 1.807) is 0 Å². The van der Waals surface area contributed by atoms with E-state index in [2.05, 4.69) is 18.7 Å². The third-order valence-electron chi connectivity index (χ3n) is 2.90. The summed E-state index contributed by atoms with van der Waals surface area (Å²) in [5.41, 5.74) is 2.15. The third kappa shape index (κ3) is 7.57. The van der Waals surface area contributed by atoms with Crippen LogP contribution in [0, 0.1) is 0 Å². The predicted octanol–water partition coefficient (Wildman–Crippen LogP) is 4.46. The molecule has 1 aromatic rings. The number of hydrogen-bond donors (Lipinski definition) is 0. The molecule has 0 fully saturated rings. The molecule has 0 aliphatic carbocycles. The van der Waals surface area contributed by atoms with Crippen LogP contribution in [-0.4, -0.2) is 12.1 Å². The van der Waals surface area contributed by atoms with Gasteiger partial charge in [0.25, 0.3) is 0 Å².